The van der Waals surface area contributed by atoms with Crippen molar-refractivity contribution in [2.24, 2.45) is 11.8 Å². The summed E-state index contributed by atoms with van der Waals surface area (Å²) in [5.41, 5.74) is 0. The number of carbonyl (C=O) groups excluding carboxylic acids is 1. The van der Waals surface area contributed by atoms with E-state index in [0.29, 0.717) is 12.8 Å². The molecule has 0 unspecified atom stereocenters. The van der Waals surface area contributed by atoms with E-state index in [1.807, 2.05) is 17.1 Å². The minimum absolute atomic E-state index is 0.0407. The zero-order valence-electron chi connectivity index (χ0n) is 10.8. The second kappa shape index (κ2) is 5.55. The first-order valence-electron chi connectivity index (χ1n) is 6.79. The number of amides is 1. The van der Waals surface area contributed by atoms with Crippen LogP contribution in [0.15, 0.2) is 12.2 Å². The first-order valence-corrected chi connectivity index (χ1v) is 6.79. The van der Waals surface area contributed by atoms with Gasteiger partial charge in [-0.25, -0.2) is 0 Å². The van der Waals surface area contributed by atoms with E-state index < -0.39 is 11.9 Å². The molecule has 1 fully saturated rings. The maximum Gasteiger partial charge on any atom is 0.307 e. The Balaban J connectivity index is 2.11. The van der Waals surface area contributed by atoms with Crippen LogP contribution in [0.1, 0.15) is 39.0 Å². The Bertz CT molecular complexity index is 364. The Labute approximate surface area is 108 Å². The minimum Gasteiger partial charge on any atom is -0.481 e. The van der Waals surface area contributed by atoms with Crippen molar-refractivity contribution >= 4 is 11.9 Å². The number of aliphatic carboxylic acids is 1. The van der Waals surface area contributed by atoms with Gasteiger partial charge < -0.3 is 10.0 Å². The molecule has 2 rings (SSSR count). The molecule has 0 saturated carbocycles. The second-order valence-electron chi connectivity index (χ2n) is 5.37. The van der Waals surface area contributed by atoms with Crippen LogP contribution in [0.3, 0.4) is 0 Å². The van der Waals surface area contributed by atoms with Gasteiger partial charge in [0.1, 0.15) is 0 Å². The van der Waals surface area contributed by atoms with E-state index in [9.17, 15) is 14.7 Å². The van der Waals surface area contributed by atoms with Gasteiger partial charge in [-0.1, -0.05) is 12.2 Å². The molecule has 0 radical (unpaired) electrons. The summed E-state index contributed by atoms with van der Waals surface area (Å²) in [7, 11) is 0. The van der Waals surface area contributed by atoms with E-state index in [2.05, 4.69) is 6.92 Å². The topological polar surface area (TPSA) is 57.6 Å². The molecule has 0 spiro atoms. The third-order valence-electron chi connectivity index (χ3n) is 4.15. The number of carboxylic acid groups (broad SMARTS) is 1. The molecule has 0 aromatic rings. The summed E-state index contributed by atoms with van der Waals surface area (Å²) < 4.78 is 0. The van der Waals surface area contributed by atoms with Crippen LogP contribution in [-0.4, -0.2) is 34.5 Å². The molecule has 2 aliphatic rings. The molecule has 0 bridgehead atoms. The molecule has 1 amide bonds. The van der Waals surface area contributed by atoms with E-state index in [4.69, 9.17) is 0 Å². The van der Waals surface area contributed by atoms with Crippen molar-refractivity contribution in [2.75, 3.05) is 6.54 Å². The standard InChI is InChI=1S/C14H21NO3/c1-10-6-4-5-9-15(10)13(16)11-7-2-3-8-12(11)14(17)18/h2-3,10-12H,4-9H2,1H3,(H,17,18)/t10-,11-,12-/m0/s1. The zero-order chi connectivity index (χ0) is 13.1. The Morgan fingerprint density at radius 1 is 1.17 bits per heavy atom. The SMILES string of the molecule is C[C@H]1CCCCN1C(=O)[C@H]1CC=CC[C@@H]1C(=O)O. The fraction of sp³-hybridized carbons (Fsp3) is 0.714. The molecule has 100 valence electrons. The largest absolute Gasteiger partial charge is 0.481 e. The molecule has 1 N–H and O–H groups in total. The molecular formula is C14H21NO3. The highest BCUT2D eigenvalue weighted by Crippen LogP contribution is 2.30. The van der Waals surface area contributed by atoms with Crippen molar-refractivity contribution in [2.45, 2.75) is 45.1 Å². The van der Waals surface area contributed by atoms with Crippen LogP contribution in [-0.2, 0) is 9.59 Å². The Morgan fingerprint density at radius 3 is 2.44 bits per heavy atom. The van der Waals surface area contributed by atoms with E-state index >= 15 is 0 Å². The molecule has 1 heterocycles. The lowest BCUT2D eigenvalue weighted by molar-refractivity contribution is -0.152. The van der Waals surface area contributed by atoms with Crippen molar-refractivity contribution in [3.63, 3.8) is 0 Å². The summed E-state index contributed by atoms with van der Waals surface area (Å²) in [5.74, 6) is -1.72. The van der Waals surface area contributed by atoms with Gasteiger partial charge in [0, 0.05) is 12.6 Å². The summed E-state index contributed by atoms with van der Waals surface area (Å²) in [6.07, 6.45) is 8.10. The summed E-state index contributed by atoms with van der Waals surface area (Å²) in [5, 5.41) is 9.22. The maximum atomic E-state index is 12.5. The zero-order valence-corrected chi connectivity index (χ0v) is 10.8. The van der Waals surface area contributed by atoms with E-state index in [0.717, 1.165) is 25.8 Å². The Kier molecular flexibility index (Phi) is 4.04. The Morgan fingerprint density at radius 2 is 1.83 bits per heavy atom. The third-order valence-corrected chi connectivity index (χ3v) is 4.15. The quantitative estimate of drug-likeness (QED) is 0.764. The lowest BCUT2D eigenvalue weighted by Gasteiger charge is -2.37. The molecule has 1 aliphatic heterocycles. The van der Waals surface area contributed by atoms with Crippen LogP contribution in [0.25, 0.3) is 0 Å². The van der Waals surface area contributed by atoms with Crippen LogP contribution in [0.4, 0.5) is 0 Å². The van der Waals surface area contributed by atoms with Gasteiger partial charge in [-0.2, -0.15) is 0 Å². The van der Waals surface area contributed by atoms with Crippen LogP contribution in [0.2, 0.25) is 0 Å². The lowest BCUT2D eigenvalue weighted by atomic mass is 9.81. The van der Waals surface area contributed by atoms with E-state index in [-0.39, 0.29) is 17.9 Å². The van der Waals surface area contributed by atoms with Crippen LogP contribution < -0.4 is 0 Å². The molecular weight excluding hydrogens is 230 g/mol. The van der Waals surface area contributed by atoms with Crippen LogP contribution in [0, 0.1) is 11.8 Å². The Hall–Kier alpha value is -1.32. The summed E-state index contributed by atoms with van der Waals surface area (Å²) in [6, 6.07) is 0.256. The van der Waals surface area contributed by atoms with Crippen molar-refractivity contribution < 1.29 is 14.7 Å². The van der Waals surface area contributed by atoms with Crippen molar-refractivity contribution in [3.8, 4) is 0 Å². The highest BCUT2D eigenvalue weighted by Gasteiger charge is 2.37. The van der Waals surface area contributed by atoms with Gasteiger partial charge in [0.2, 0.25) is 5.91 Å². The fourth-order valence-corrected chi connectivity index (χ4v) is 3.00. The lowest BCUT2D eigenvalue weighted by Crippen LogP contribution is -2.47. The van der Waals surface area contributed by atoms with Crippen molar-refractivity contribution in [3.05, 3.63) is 12.2 Å². The van der Waals surface area contributed by atoms with Gasteiger partial charge in [-0.15, -0.1) is 0 Å². The molecule has 4 nitrogen and oxygen atoms in total. The summed E-state index contributed by atoms with van der Waals surface area (Å²) in [4.78, 5) is 25.6. The van der Waals surface area contributed by atoms with Gasteiger partial charge in [0.25, 0.3) is 0 Å². The number of allylic oxidation sites excluding steroid dienone is 2. The highest BCUT2D eigenvalue weighted by atomic mass is 16.4. The third kappa shape index (κ3) is 2.57. The average Bonchev–Trinajstić information content (AvgIpc) is 2.38. The predicted molar refractivity (Wildman–Crippen MR) is 68.0 cm³/mol. The number of likely N-dealkylation sites (tertiary alicyclic amines) is 1. The van der Waals surface area contributed by atoms with Gasteiger partial charge in [-0.05, 0) is 39.0 Å². The van der Waals surface area contributed by atoms with Gasteiger partial charge >= 0.3 is 5.97 Å². The number of hydrogen-bond donors (Lipinski definition) is 1. The monoisotopic (exact) mass is 251 g/mol. The number of carboxylic acids is 1. The van der Waals surface area contributed by atoms with Gasteiger partial charge in [0.05, 0.1) is 11.8 Å². The molecule has 1 saturated heterocycles. The number of piperidine rings is 1. The van der Waals surface area contributed by atoms with E-state index in [1.165, 1.54) is 0 Å². The molecule has 0 aromatic heterocycles. The first kappa shape index (κ1) is 13.1. The van der Waals surface area contributed by atoms with Crippen LogP contribution >= 0.6 is 0 Å². The van der Waals surface area contributed by atoms with Gasteiger partial charge in [0.15, 0.2) is 0 Å². The van der Waals surface area contributed by atoms with E-state index in [1.54, 1.807) is 0 Å². The average molecular weight is 251 g/mol. The summed E-state index contributed by atoms with van der Waals surface area (Å²) in [6.45, 7) is 2.85. The van der Waals surface area contributed by atoms with Crippen LogP contribution in [0.5, 0.6) is 0 Å². The van der Waals surface area contributed by atoms with Gasteiger partial charge in [-0.3, -0.25) is 9.59 Å². The molecule has 18 heavy (non-hydrogen) atoms. The normalized spacial score (nSPS) is 32.3. The van der Waals surface area contributed by atoms with Crippen molar-refractivity contribution in [1.82, 2.24) is 4.90 Å². The number of carbonyl (C=O) groups is 2. The first-order chi connectivity index (χ1) is 8.61. The molecule has 3 atom stereocenters. The number of rotatable bonds is 2. The number of nitrogens with zero attached hydrogens (tertiary/aromatic N) is 1. The number of hydrogen-bond acceptors (Lipinski definition) is 2. The highest BCUT2D eigenvalue weighted by molar-refractivity contribution is 5.85. The fourth-order valence-electron chi connectivity index (χ4n) is 3.00. The predicted octanol–water partition coefficient (Wildman–Crippen LogP) is 2.05. The second-order valence-corrected chi connectivity index (χ2v) is 5.37. The molecule has 4 heteroatoms. The summed E-state index contributed by atoms with van der Waals surface area (Å²) >= 11 is 0. The minimum atomic E-state index is -0.845. The van der Waals surface area contributed by atoms with Crippen molar-refractivity contribution in [1.29, 1.82) is 0 Å². The maximum absolute atomic E-state index is 12.5. The smallest absolute Gasteiger partial charge is 0.307 e. The molecule has 0 aromatic carbocycles. The molecule has 1 aliphatic carbocycles.